The predicted octanol–water partition coefficient (Wildman–Crippen LogP) is 4.03. The Bertz CT molecular complexity index is 621. The van der Waals surface area contributed by atoms with Gasteiger partial charge in [0, 0.05) is 35.0 Å². The van der Waals surface area contributed by atoms with Crippen LogP contribution in [-0.4, -0.2) is 11.6 Å². The van der Waals surface area contributed by atoms with Crippen molar-refractivity contribution in [2.75, 3.05) is 7.05 Å². The summed E-state index contributed by atoms with van der Waals surface area (Å²) in [6.07, 6.45) is 7.85. The number of nitrogens with zero attached hydrogens (tertiary/aromatic N) is 1. The summed E-state index contributed by atoms with van der Waals surface area (Å²) in [6, 6.07) is 5.53. The van der Waals surface area contributed by atoms with Crippen LogP contribution in [0.4, 0.5) is 4.39 Å². The molecule has 1 aromatic heterocycles. The Morgan fingerprint density at radius 2 is 2.25 bits per heavy atom. The van der Waals surface area contributed by atoms with Crippen LogP contribution in [0.15, 0.2) is 35.1 Å². The van der Waals surface area contributed by atoms with Gasteiger partial charge in [0.1, 0.15) is 5.82 Å². The molecule has 1 aliphatic rings. The van der Waals surface area contributed by atoms with Gasteiger partial charge in [-0.1, -0.05) is 15.9 Å². The highest BCUT2D eigenvalue weighted by Gasteiger charge is 2.20. The molecule has 0 fully saturated rings. The van der Waals surface area contributed by atoms with Gasteiger partial charge in [-0.05, 0) is 55.6 Å². The monoisotopic (exact) mass is 336 g/mol. The summed E-state index contributed by atoms with van der Waals surface area (Å²) in [5, 5.41) is 3.36. The molecule has 20 heavy (non-hydrogen) atoms. The lowest BCUT2D eigenvalue weighted by atomic mass is 9.91. The molecule has 0 aliphatic heterocycles. The quantitative estimate of drug-likeness (QED) is 0.895. The van der Waals surface area contributed by atoms with Crippen LogP contribution < -0.4 is 5.32 Å². The lowest BCUT2D eigenvalue weighted by molar-refractivity contribution is 0.498. The summed E-state index contributed by atoms with van der Waals surface area (Å²) >= 11 is 3.40. The largest absolute Gasteiger partial charge is 0.349 e. The summed E-state index contributed by atoms with van der Waals surface area (Å²) in [5.41, 5.74) is 3.48. The van der Waals surface area contributed by atoms with E-state index in [2.05, 4.69) is 38.2 Å². The summed E-state index contributed by atoms with van der Waals surface area (Å²) in [4.78, 5) is 0. The number of hydrogen-bond acceptors (Lipinski definition) is 1. The summed E-state index contributed by atoms with van der Waals surface area (Å²) < 4.78 is 16.9. The van der Waals surface area contributed by atoms with Crippen molar-refractivity contribution in [3.63, 3.8) is 0 Å². The van der Waals surface area contributed by atoms with Crippen LogP contribution in [0.3, 0.4) is 0 Å². The van der Waals surface area contributed by atoms with E-state index in [1.54, 1.807) is 6.07 Å². The Morgan fingerprint density at radius 3 is 3.05 bits per heavy atom. The summed E-state index contributed by atoms with van der Waals surface area (Å²) in [6.45, 7) is 0.578. The van der Waals surface area contributed by atoms with E-state index >= 15 is 0 Å². The molecule has 4 heteroatoms. The third kappa shape index (κ3) is 2.67. The van der Waals surface area contributed by atoms with Gasteiger partial charge in [-0.2, -0.15) is 0 Å². The zero-order chi connectivity index (χ0) is 14.1. The van der Waals surface area contributed by atoms with E-state index in [1.807, 2.05) is 13.1 Å². The van der Waals surface area contributed by atoms with Crippen LogP contribution in [0.1, 0.15) is 35.6 Å². The molecule has 0 saturated carbocycles. The zero-order valence-electron chi connectivity index (χ0n) is 11.5. The molecular weight excluding hydrogens is 319 g/mol. The van der Waals surface area contributed by atoms with Gasteiger partial charge in [0.25, 0.3) is 0 Å². The second kappa shape index (κ2) is 5.70. The van der Waals surface area contributed by atoms with Crippen LogP contribution in [0.2, 0.25) is 0 Å². The average Bonchev–Trinajstić information content (AvgIpc) is 2.85. The Labute approximate surface area is 127 Å². The fourth-order valence-electron chi connectivity index (χ4n) is 3.00. The molecule has 0 saturated heterocycles. The van der Waals surface area contributed by atoms with E-state index in [1.165, 1.54) is 30.0 Å². The number of halogens is 2. The first-order chi connectivity index (χ1) is 9.67. The molecule has 1 N–H and O–H groups in total. The normalized spacial score (nSPS) is 18.1. The summed E-state index contributed by atoms with van der Waals surface area (Å²) in [5.74, 6) is -0.148. The van der Waals surface area contributed by atoms with Gasteiger partial charge < -0.3 is 9.88 Å². The number of rotatable bonds is 3. The van der Waals surface area contributed by atoms with Gasteiger partial charge in [-0.15, -0.1) is 0 Å². The van der Waals surface area contributed by atoms with E-state index in [0.717, 1.165) is 10.9 Å². The Kier molecular flexibility index (Phi) is 3.94. The highest BCUT2D eigenvalue weighted by molar-refractivity contribution is 9.10. The molecule has 0 amide bonds. The highest BCUT2D eigenvalue weighted by atomic mass is 79.9. The number of benzene rings is 1. The number of nitrogens with one attached hydrogen (secondary N) is 1. The first-order valence-electron chi connectivity index (χ1n) is 6.97. The molecule has 3 rings (SSSR count). The van der Waals surface area contributed by atoms with Crippen molar-refractivity contribution in [1.29, 1.82) is 0 Å². The van der Waals surface area contributed by atoms with Crippen molar-refractivity contribution >= 4 is 15.9 Å². The third-order valence-corrected chi connectivity index (χ3v) is 4.51. The molecule has 1 aromatic carbocycles. The lowest BCUT2D eigenvalue weighted by Gasteiger charge is -2.21. The third-order valence-electron chi connectivity index (χ3n) is 4.02. The molecule has 106 valence electrons. The first-order valence-corrected chi connectivity index (χ1v) is 7.76. The number of aryl methyl sites for hydroxylation is 1. The van der Waals surface area contributed by atoms with Crippen molar-refractivity contribution in [2.24, 2.45) is 0 Å². The van der Waals surface area contributed by atoms with E-state index in [9.17, 15) is 4.39 Å². The second-order valence-electron chi connectivity index (χ2n) is 5.38. The highest BCUT2D eigenvalue weighted by Crippen LogP contribution is 2.30. The number of aromatic nitrogens is 1. The number of hydrogen-bond donors (Lipinski definition) is 1. The molecule has 2 nitrogen and oxygen atoms in total. The standard InChI is InChI=1S/C16H18BrFN2/c1-19-16-4-2-3-11-8-20(10-14(11)16)9-12-7-13(17)5-6-15(12)18/h5-8,10,16,19H,2-4,9H2,1H3. The van der Waals surface area contributed by atoms with Gasteiger partial charge in [-0.25, -0.2) is 4.39 Å². The van der Waals surface area contributed by atoms with E-state index in [4.69, 9.17) is 0 Å². The van der Waals surface area contributed by atoms with Crippen molar-refractivity contribution in [3.8, 4) is 0 Å². The van der Waals surface area contributed by atoms with Crippen LogP contribution in [0.5, 0.6) is 0 Å². The molecule has 0 bridgehead atoms. The zero-order valence-corrected chi connectivity index (χ0v) is 13.1. The topological polar surface area (TPSA) is 17.0 Å². The first kappa shape index (κ1) is 13.8. The van der Waals surface area contributed by atoms with Crippen molar-refractivity contribution in [1.82, 2.24) is 9.88 Å². The van der Waals surface area contributed by atoms with Gasteiger partial charge in [-0.3, -0.25) is 0 Å². The molecule has 1 atom stereocenters. The Balaban J connectivity index is 1.88. The van der Waals surface area contributed by atoms with Crippen molar-refractivity contribution in [2.45, 2.75) is 31.8 Å². The van der Waals surface area contributed by atoms with Crippen LogP contribution in [0.25, 0.3) is 0 Å². The van der Waals surface area contributed by atoms with E-state index < -0.39 is 0 Å². The smallest absolute Gasteiger partial charge is 0.128 e. The van der Waals surface area contributed by atoms with Gasteiger partial charge in [0.05, 0.1) is 0 Å². The molecule has 0 spiro atoms. The fourth-order valence-corrected chi connectivity index (χ4v) is 3.41. The minimum Gasteiger partial charge on any atom is -0.349 e. The lowest BCUT2D eigenvalue weighted by Crippen LogP contribution is -2.20. The maximum Gasteiger partial charge on any atom is 0.128 e. The Hall–Kier alpha value is -1.13. The molecule has 1 heterocycles. The van der Waals surface area contributed by atoms with Crippen molar-refractivity contribution < 1.29 is 4.39 Å². The second-order valence-corrected chi connectivity index (χ2v) is 6.30. The molecule has 1 aliphatic carbocycles. The van der Waals surface area contributed by atoms with Crippen LogP contribution in [0, 0.1) is 5.82 Å². The van der Waals surface area contributed by atoms with Crippen molar-refractivity contribution in [3.05, 3.63) is 57.6 Å². The van der Waals surface area contributed by atoms with Crippen LogP contribution >= 0.6 is 15.9 Å². The van der Waals surface area contributed by atoms with Gasteiger partial charge in [0.2, 0.25) is 0 Å². The maximum atomic E-state index is 13.8. The van der Waals surface area contributed by atoms with Gasteiger partial charge >= 0.3 is 0 Å². The average molecular weight is 337 g/mol. The molecular formula is C16H18BrFN2. The predicted molar refractivity (Wildman–Crippen MR) is 82.4 cm³/mol. The fraction of sp³-hybridized carbons (Fsp3) is 0.375. The maximum absolute atomic E-state index is 13.8. The number of fused-ring (bicyclic) bond motifs is 1. The minimum absolute atomic E-state index is 0.148. The Morgan fingerprint density at radius 1 is 1.40 bits per heavy atom. The van der Waals surface area contributed by atoms with Gasteiger partial charge in [0.15, 0.2) is 0 Å². The molecule has 1 unspecified atom stereocenters. The molecule has 0 radical (unpaired) electrons. The SMILES string of the molecule is CNC1CCCc2cn(Cc3cc(Br)ccc3F)cc21. The van der Waals surface area contributed by atoms with Crippen LogP contribution in [-0.2, 0) is 13.0 Å². The minimum atomic E-state index is -0.148. The summed E-state index contributed by atoms with van der Waals surface area (Å²) in [7, 11) is 2.01. The van der Waals surface area contributed by atoms with E-state index in [0.29, 0.717) is 18.2 Å². The van der Waals surface area contributed by atoms with E-state index in [-0.39, 0.29) is 5.82 Å². The molecule has 2 aromatic rings.